The monoisotopic (exact) mass is 232 g/mol. The summed E-state index contributed by atoms with van der Waals surface area (Å²) in [6, 6.07) is 8.11. The van der Waals surface area contributed by atoms with Crippen molar-refractivity contribution in [2.24, 2.45) is 0 Å². The summed E-state index contributed by atoms with van der Waals surface area (Å²) in [5.41, 5.74) is 0.974. The molecule has 0 aliphatic heterocycles. The molecular weight excluding hydrogens is 220 g/mol. The largest absolute Gasteiger partial charge is 0.372 e. The molecule has 1 heterocycles. The zero-order valence-corrected chi connectivity index (χ0v) is 9.95. The second-order valence-corrected chi connectivity index (χ2v) is 4.02. The van der Waals surface area contributed by atoms with Crippen molar-refractivity contribution in [3.8, 4) is 11.4 Å². The summed E-state index contributed by atoms with van der Waals surface area (Å²) in [6.07, 6.45) is 3.65. The molecule has 1 aromatic carbocycles. The first-order valence-corrected chi connectivity index (χ1v) is 6.08. The summed E-state index contributed by atoms with van der Waals surface area (Å²) >= 11 is 1.71. The molecule has 16 heavy (non-hydrogen) atoms. The van der Waals surface area contributed by atoms with Crippen molar-refractivity contribution in [1.82, 2.24) is 15.2 Å². The van der Waals surface area contributed by atoms with Gasteiger partial charge in [-0.1, -0.05) is 12.1 Å². The smallest absolute Gasteiger partial charge is 0.183 e. The van der Waals surface area contributed by atoms with Gasteiger partial charge in [0.2, 0.25) is 0 Å². The van der Waals surface area contributed by atoms with Gasteiger partial charge in [0.15, 0.2) is 5.82 Å². The van der Waals surface area contributed by atoms with Crippen LogP contribution in [0.3, 0.4) is 0 Å². The van der Waals surface area contributed by atoms with Gasteiger partial charge in [-0.3, -0.25) is 0 Å². The highest BCUT2D eigenvalue weighted by Gasteiger charge is 2.02. The molecule has 0 bridgehead atoms. The van der Waals surface area contributed by atoms with Crippen LogP contribution in [0.25, 0.3) is 11.4 Å². The minimum atomic E-state index is 0.638. The Labute approximate surface area is 98.5 Å². The van der Waals surface area contributed by atoms with Crippen molar-refractivity contribution in [3.05, 3.63) is 30.5 Å². The Hall–Kier alpha value is -1.62. The average molecular weight is 232 g/mol. The molecule has 82 valence electrons. The Morgan fingerprint density at radius 2 is 1.94 bits per heavy atom. The third-order valence-corrected chi connectivity index (χ3v) is 2.91. The predicted octanol–water partition coefficient (Wildman–Crippen LogP) is 2.30. The van der Waals surface area contributed by atoms with E-state index in [1.165, 1.54) is 4.90 Å². The van der Waals surface area contributed by atoms with Gasteiger partial charge in [-0.05, 0) is 18.4 Å². The third-order valence-electron chi connectivity index (χ3n) is 2.16. The number of thioether (sulfide) groups is 1. The van der Waals surface area contributed by atoms with Crippen LogP contribution < -0.4 is 5.32 Å². The minimum Gasteiger partial charge on any atom is -0.372 e. The van der Waals surface area contributed by atoms with E-state index in [1.54, 1.807) is 18.0 Å². The molecule has 0 fully saturated rings. The first kappa shape index (κ1) is 10.9. The van der Waals surface area contributed by atoms with Crippen molar-refractivity contribution >= 4 is 17.6 Å². The highest BCUT2D eigenvalue weighted by Crippen LogP contribution is 2.20. The molecule has 0 unspecified atom stereocenters. The van der Waals surface area contributed by atoms with Gasteiger partial charge in [0, 0.05) is 17.5 Å². The predicted molar refractivity (Wildman–Crippen MR) is 66.6 cm³/mol. The van der Waals surface area contributed by atoms with Gasteiger partial charge in [-0.15, -0.1) is 16.9 Å². The summed E-state index contributed by atoms with van der Waals surface area (Å²) in [5.74, 6) is 1.36. The van der Waals surface area contributed by atoms with E-state index in [0.29, 0.717) is 5.82 Å². The van der Waals surface area contributed by atoms with Crippen LogP contribution in [0, 0.1) is 0 Å². The van der Waals surface area contributed by atoms with E-state index in [9.17, 15) is 0 Å². The van der Waals surface area contributed by atoms with Crippen molar-refractivity contribution in [2.75, 3.05) is 18.6 Å². The van der Waals surface area contributed by atoms with Crippen molar-refractivity contribution in [2.45, 2.75) is 4.90 Å². The van der Waals surface area contributed by atoms with Crippen LogP contribution in [-0.4, -0.2) is 28.5 Å². The molecular formula is C11H12N4S. The molecule has 1 aromatic heterocycles. The summed E-state index contributed by atoms with van der Waals surface area (Å²) in [7, 11) is 1.81. The topological polar surface area (TPSA) is 50.7 Å². The molecule has 5 heteroatoms. The summed E-state index contributed by atoms with van der Waals surface area (Å²) in [6.45, 7) is 0. The maximum atomic E-state index is 4.33. The van der Waals surface area contributed by atoms with Gasteiger partial charge in [0.05, 0.1) is 6.20 Å². The number of benzene rings is 1. The van der Waals surface area contributed by atoms with E-state index in [-0.39, 0.29) is 0 Å². The van der Waals surface area contributed by atoms with Gasteiger partial charge in [-0.2, -0.15) is 5.10 Å². The van der Waals surface area contributed by atoms with E-state index in [4.69, 9.17) is 0 Å². The Kier molecular flexibility index (Phi) is 3.36. The Balaban J connectivity index is 2.34. The number of anilines is 1. The fourth-order valence-electron chi connectivity index (χ4n) is 1.29. The van der Waals surface area contributed by atoms with Gasteiger partial charge in [0.25, 0.3) is 0 Å². The Morgan fingerprint density at radius 1 is 1.19 bits per heavy atom. The Bertz CT molecular complexity index is 470. The zero-order valence-electron chi connectivity index (χ0n) is 9.14. The van der Waals surface area contributed by atoms with Crippen LogP contribution in [0.1, 0.15) is 0 Å². The summed E-state index contributed by atoms with van der Waals surface area (Å²) < 4.78 is 0. The van der Waals surface area contributed by atoms with Gasteiger partial charge < -0.3 is 5.32 Å². The quantitative estimate of drug-likeness (QED) is 0.823. The lowest BCUT2D eigenvalue weighted by Gasteiger charge is -2.02. The number of hydrogen-bond acceptors (Lipinski definition) is 5. The molecule has 0 radical (unpaired) electrons. The van der Waals surface area contributed by atoms with E-state index in [0.717, 1.165) is 11.4 Å². The molecule has 0 spiro atoms. The highest BCUT2D eigenvalue weighted by molar-refractivity contribution is 7.98. The maximum Gasteiger partial charge on any atom is 0.183 e. The van der Waals surface area contributed by atoms with Crippen LogP contribution in [0.2, 0.25) is 0 Å². The molecule has 0 saturated heterocycles. The molecule has 0 aliphatic rings. The zero-order chi connectivity index (χ0) is 11.4. The molecule has 4 nitrogen and oxygen atoms in total. The van der Waals surface area contributed by atoms with Crippen molar-refractivity contribution in [3.63, 3.8) is 0 Å². The lowest BCUT2D eigenvalue weighted by molar-refractivity contribution is 0.981. The number of hydrogen-bond donors (Lipinski definition) is 1. The summed E-state index contributed by atoms with van der Waals surface area (Å²) in [4.78, 5) is 5.55. The van der Waals surface area contributed by atoms with Crippen LogP contribution in [-0.2, 0) is 0 Å². The molecule has 2 aromatic rings. The second-order valence-electron chi connectivity index (χ2n) is 3.14. The van der Waals surface area contributed by atoms with E-state index >= 15 is 0 Å². The third kappa shape index (κ3) is 2.30. The van der Waals surface area contributed by atoms with Crippen LogP contribution in [0.4, 0.5) is 5.82 Å². The van der Waals surface area contributed by atoms with Crippen LogP contribution >= 0.6 is 11.8 Å². The van der Waals surface area contributed by atoms with Crippen LogP contribution in [0.5, 0.6) is 0 Å². The molecule has 1 N–H and O–H groups in total. The normalized spacial score (nSPS) is 10.1. The molecule has 0 amide bonds. The molecule has 0 atom stereocenters. The van der Waals surface area contributed by atoms with Gasteiger partial charge in [-0.25, -0.2) is 4.98 Å². The van der Waals surface area contributed by atoms with Gasteiger partial charge in [0.1, 0.15) is 5.82 Å². The molecule has 0 aliphatic carbocycles. The van der Waals surface area contributed by atoms with E-state index in [1.807, 2.05) is 19.2 Å². The summed E-state index contributed by atoms with van der Waals surface area (Å²) in [5, 5.41) is 10.8. The van der Waals surface area contributed by atoms with Crippen molar-refractivity contribution in [1.29, 1.82) is 0 Å². The average Bonchev–Trinajstić information content (AvgIpc) is 2.39. The first-order valence-electron chi connectivity index (χ1n) is 4.85. The minimum absolute atomic E-state index is 0.638. The second kappa shape index (κ2) is 4.94. The van der Waals surface area contributed by atoms with E-state index in [2.05, 4.69) is 38.9 Å². The molecule has 0 saturated carbocycles. The number of rotatable bonds is 3. The maximum absolute atomic E-state index is 4.33. The fraction of sp³-hybridized carbons (Fsp3) is 0.182. The lowest BCUT2D eigenvalue weighted by atomic mass is 10.2. The number of nitrogens with zero attached hydrogens (tertiary/aromatic N) is 3. The molecule has 2 rings (SSSR count). The Morgan fingerprint density at radius 3 is 2.56 bits per heavy atom. The van der Waals surface area contributed by atoms with E-state index < -0.39 is 0 Å². The lowest BCUT2D eigenvalue weighted by Crippen LogP contribution is -1.98. The number of aromatic nitrogens is 3. The van der Waals surface area contributed by atoms with Gasteiger partial charge >= 0.3 is 0 Å². The van der Waals surface area contributed by atoms with Crippen LogP contribution in [0.15, 0.2) is 35.4 Å². The van der Waals surface area contributed by atoms with Crippen molar-refractivity contribution < 1.29 is 0 Å². The standard InChI is InChI=1S/C11H12N4S/c1-12-10-7-13-15-11(14-10)8-3-5-9(16-2)6-4-8/h3-7H,1-2H3,(H,12,14,15). The SMILES string of the molecule is CNc1cnnc(-c2ccc(SC)cc2)n1. The highest BCUT2D eigenvalue weighted by atomic mass is 32.2. The first-order chi connectivity index (χ1) is 7.83. The number of nitrogens with one attached hydrogen (secondary N) is 1. The fourth-order valence-corrected chi connectivity index (χ4v) is 1.69.